The van der Waals surface area contributed by atoms with Gasteiger partial charge in [0.25, 0.3) is 0 Å². The molecule has 0 aromatic carbocycles. The topological polar surface area (TPSA) is 108 Å². The van der Waals surface area contributed by atoms with Crippen LogP contribution < -0.4 is 5.32 Å². The molecule has 206 valence electrons. The predicted molar refractivity (Wildman–Crippen MR) is 113 cm³/mol. The number of Topliss-reactive ketones (excluding diaryl/α,β-unsaturated/α-hetero) is 1. The van der Waals surface area contributed by atoms with Gasteiger partial charge >= 0.3 is 27.5 Å². The Kier molecular flexibility index (Phi) is 7.01. The predicted octanol–water partition coefficient (Wildman–Crippen LogP) is 3.30. The zero-order valence-electron chi connectivity index (χ0n) is 19.9. The van der Waals surface area contributed by atoms with Crippen LogP contribution in [0.2, 0.25) is 0 Å². The molecular formula is C22H30F5NO7S. The molecular weight excluding hydrogens is 517 g/mol. The molecule has 36 heavy (non-hydrogen) atoms. The maximum absolute atomic E-state index is 14.9. The molecule has 5 fully saturated rings. The molecule has 0 radical (unpaired) electrons. The molecule has 1 heterocycles. The van der Waals surface area contributed by atoms with E-state index < -0.39 is 57.2 Å². The van der Waals surface area contributed by atoms with Crippen molar-refractivity contribution in [1.29, 1.82) is 0 Å². The van der Waals surface area contributed by atoms with E-state index in [0.717, 1.165) is 13.3 Å². The van der Waals surface area contributed by atoms with Gasteiger partial charge < -0.3 is 14.8 Å². The number of amides is 1. The Morgan fingerprint density at radius 3 is 2.11 bits per heavy atom. The quantitative estimate of drug-likeness (QED) is 0.367. The zero-order valence-corrected chi connectivity index (χ0v) is 20.7. The van der Waals surface area contributed by atoms with Gasteiger partial charge in [0.2, 0.25) is 0 Å². The summed E-state index contributed by atoms with van der Waals surface area (Å²) < 4.78 is 110. The molecule has 4 aliphatic carbocycles. The van der Waals surface area contributed by atoms with Crippen molar-refractivity contribution in [3.05, 3.63) is 0 Å². The van der Waals surface area contributed by atoms with Crippen molar-refractivity contribution in [3.8, 4) is 0 Å². The molecule has 1 aliphatic heterocycles. The highest BCUT2D eigenvalue weighted by molar-refractivity contribution is 7.88. The van der Waals surface area contributed by atoms with Crippen molar-refractivity contribution in [1.82, 2.24) is 5.32 Å². The van der Waals surface area contributed by atoms with Crippen molar-refractivity contribution in [2.45, 2.75) is 88.2 Å². The molecule has 5 rings (SSSR count). The lowest BCUT2D eigenvalue weighted by Crippen LogP contribution is -2.66. The Labute approximate surface area is 205 Å². The molecule has 1 saturated heterocycles. The first-order chi connectivity index (χ1) is 16.5. The third-order valence-electron chi connectivity index (χ3n) is 8.15. The standard InChI is InChI=1S/C22H30F5NO7S/c1-12(29)20-9-13-6-14(10-20)8-15(7-13)17(20)28-18(30)22(26,27)36(31,32)35-16(21(23,24)25)11-19(2)33-4-3-5-34-19/h13-17H,3-11H2,1-2H3,(H,28,30). The maximum atomic E-state index is 14.9. The molecule has 14 heteroatoms. The van der Waals surface area contributed by atoms with E-state index in [-0.39, 0.29) is 36.8 Å². The summed E-state index contributed by atoms with van der Waals surface area (Å²) in [6, 6.07) is -1.03. The lowest BCUT2D eigenvalue weighted by molar-refractivity contribution is -0.288. The number of hydrogen-bond acceptors (Lipinski definition) is 7. The first-order valence-corrected chi connectivity index (χ1v) is 13.4. The minimum Gasteiger partial charge on any atom is -0.350 e. The third-order valence-corrected chi connectivity index (χ3v) is 9.44. The Balaban J connectivity index is 1.53. The fraction of sp³-hybridized carbons (Fsp3) is 0.909. The number of carbonyl (C=O) groups excluding carboxylic acids is 2. The number of nitrogens with one attached hydrogen (secondary N) is 1. The summed E-state index contributed by atoms with van der Waals surface area (Å²) in [5, 5.41) is -3.30. The van der Waals surface area contributed by atoms with Gasteiger partial charge in [-0.3, -0.25) is 13.8 Å². The van der Waals surface area contributed by atoms with E-state index in [4.69, 9.17) is 9.47 Å². The second kappa shape index (κ2) is 9.12. The molecule has 5 aliphatic rings. The fourth-order valence-corrected chi connectivity index (χ4v) is 7.58. The van der Waals surface area contributed by atoms with Crippen LogP contribution in [0.25, 0.3) is 0 Å². The minimum atomic E-state index is -6.40. The second-order valence-electron chi connectivity index (χ2n) is 10.8. The van der Waals surface area contributed by atoms with Gasteiger partial charge in [-0.15, -0.1) is 0 Å². The van der Waals surface area contributed by atoms with Crippen LogP contribution in [0.1, 0.15) is 58.8 Å². The van der Waals surface area contributed by atoms with E-state index >= 15 is 0 Å². The summed E-state index contributed by atoms with van der Waals surface area (Å²) in [5.74, 6) is -4.38. The average molecular weight is 548 g/mol. The minimum absolute atomic E-state index is 0.0224. The van der Waals surface area contributed by atoms with E-state index in [1.807, 2.05) is 5.32 Å². The summed E-state index contributed by atoms with van der Waals surface area (Å²) >= 11 is 0. The highest BCUT2D eigenvalue weighted by Crippen LogP contribution is 2.60. The number of alkyl halides is 5. The molecule has 8 nitrogen and oxygen atoms in total. The number of rotatable bonds is 8. The summed E-state index contributed by atoms with van der Waals surface area (Å²) in [6.07, 6.45) is -6.59. The summed E-state index contributed by atoms with van der Waals surface area (Å²) in [5.41, 5.74) is -1.09. The highest BCUT2D eigenvalue weighted by atomic mass is 32.2. The number of halogens is 5. The van der Waals surface area contributed by atoms with E-state index in [1.165, 1.54) is 6.92 Å². The summed E-state index contributed by atoms with van der Waals surface area (Å²) in [4.78, 5) is 25.2. The van der Waals surface area contributed by atoms with Crippen molar-refractivity contribution in [2.24, 2.45) is 23.2 Å². The van der Waals surface area contributed by atoms with Crippen LogP contribution in [0, 0.1) is 23.2 Å². The largest absolute Gasteiger partial charge is 0.446 e. The molecule has 0 aromatic heterocycles. The van der Waals surface area contributed by atoms with Crippen LogP contribution in [0.5, 0.6) is 0 Å². The van der Waals surface area contributed by atoms with Gasteiger partial charge in [0.05, 0.1) is 13.2 Å². The first kappa shape index (κ1) is 27.6. The molecule has 4 unspecified atom stereocenters. The van der Waals surface area contributed by atoms with Gasteiger partial charge in [-0.1, -0.05) is 0 Å². The van der Waals surface area contributed by atoms with Gasteiger partial charge in [0.15, 0.2) is 11.9 Å². The number of ether oxygens (including phenoxy) is 2. The van der Waals surface area contributed by atoms with E-state index in [0.29, 0.717) is 32.1 Å². The molecule has 1 N–H and O–H groups in total. The van der Waals surface area contributed by atoms with Crippen LogP contribution in [-0.2, 0) is 33.4 Å². The Morgan fingerprint density at radius 2 is 1.61 bits per heavy atom. The molecule has 4 atom stereocenters. The molecule has 0 aromatic rings. The highest BCUT2D eigenvalue weighted by Gasteiger charge is 2.63. The number of ketones is 1. The first-order valence-electron chi connectivity index (χ1n) is 12.0. The molecule has 4 bridgehead atoms. The fourth-order valence-electron chi connectivity index (χ4n) is 6.69. The van der Waals surface area contributed by atoms with E-state index in [1.54, 1.807) is 0 Å². The van der Waals surface area contributed by atoms with Gasteiger partial charge in [-0.2, -0.15) is 30.4 Å². The SMILES string of the molecule is CC(=O)C12CC3CC(CC(C3)C1NC(=O)C(F)(F)S(=O)(=O)OC(CC1(C)OCCCO1)C(F)(F)F)C2. The molecule has 1 amide bonds. The van der Waals surface area contributed by atoms with Crippen molar-refractivity contribution in [2.75, 3.05) is 13.2 Å². The molecule has 4 saturated carbocycles. The Morgan fingerprint density at radius 1 is 1.06 bits per heavy atom. The van der Waals surface area contributed by atoms with E-state index in [2.05, 4.69) is 4.18 Å². The lowest BCUT2D eigenvalue weighted by atomic mass is 9.46. The van der Waals surface area contributed by atoms with E-state index in [9.17, 15) is 40.0 Å². The second-order valence-corrected chi connectivity index (χ2v) is 12.4. The van der Waals surface area contributed by atoms with Crippen LogP contribution in [0.15, 0.2) is 0 Å². The van der Waals surface area contributed by atoms with Gasteiger partial charge in [0, 0.05) is 17.9 Å². The maximum Gasteiger partial charge on any atom is 0.446 e. The summed E-state index contributed by atoms with van der Waals surface area (Å²) in [6.45, 7) is 2.47. The van der Waals surface area contributed by atoms with Crippen molar-refractivity contribution >= 4 is 21.8 Å². The van der Waals surface area contributed by atoms with Crippen molar-refractivity contribution in [3.63, 3.8) is 0 Å². The number of carbonyl (C=O) groups is 2. The van der Waals surface area contributed by atoms with Gasteiger partial charge in [-0.05, 0) is 70.1 Å². The van der Waals surface area contributed by atoms with Gasteiger partial charge in [-0.25, -0.2) is 0 Å². The Hall–Kier alpha value is -1.38. The smallest absolute Gasteiger partial charge is 0.350 e. The monoisotopic (exact) mass is 547 g/mol. The van der Waals surface area contributed by atoms with Crippen molar-refractivity contribution < 1.29 is 53.6 Å². The summed E-state index contributed by atoms with van der Waals surface area (Å²) in [7, 11) is -6.40. The molecule has 0 spiro atoms. The normalized spacial score (nSPS) is 34.9. The third kappa shape index (κ3) is 4.90. The number of hydrogen-bond donors (Lipinski definition) is 1. The van der Waals surface area contributed by atoms with Gasteiger partial charge in [0.1, 0.15) is 5.78 Å². The van der Waals surface area contributed by atoms with Crippen LogP contribution >= 0.6 is 0 Å². The Bertz CT molecular complexity index is 981. The van der Waals surface area contributed by atoms with Crippen LogP contribution in [0.3, 0.4) is 0 Å². The average Bonchev–Trinajstić information content (AvgIpc) is 2.74. The lowest BCUT2D eigenvalue weighted by Gasteiger charge is -2.60. The van der Waals surface area contributed by atoms with Crippen LogP contribution in [0.4, 0.5) is 22.0 Å². The zero-order chi connectivity index (χ0) is 26.7. The van der Waals surface area contributed by atoms with Crippen LogP contribution in [-0.4, -0.2) is 62.7 Å².